The predicted octanol–water partition coefficient (Wildman–Crippen LogP) is 2.55. The van der Waals surface area contributed by atoms with E-state index >= 15 is 0 Å². The van der Waals surface area contributed by atoms with Crippen molar-refractivity contribution in [1.82, 2.24) is 10.1 Å². The number of hydrogen-bond acceptors (Lipinski definition) is 5. The number of rotatable bonds is 3. The molecule has 0 saturated heterocycles. The third kappa shape index (κ3) is 2.29. The van der Waals surface area contributed by atoms with Crippen LogP contribution in [0.1, 0.15) is 45.4 Å². The highest BCUT2D eigenvalue weighted by atomic mass is 16.5. The molecule has 5 nitrogen and oxygen atoms in total. The highest BCUT2D eigenvalue weighted by molar-refractivity contribution is 5.19. The minimum Gasteiger partial charge on any atom is -0.370 e. The molecule has 0 bridgehead atoms. The fraction of sp³-hybridized carbons (Fsp3) is 0.833. The Morgan fingerprint density at radius 3 is 2.35 bits per heavy atom. The molecule has 0 atom stereocenters. The van der Waals surface area contributed by atoms with Crippen LogP contribution in [-0.4, -0.2) is 24.3 Å². The van der Waals surface area contributed by atoms with Gasteiger partial charge in [0.15, 0.2) is 0 Å². The Balaban J connectivity index is 2.21. The lowest BCUT2D eigenvalue weighted by atomic mass is 9.70. The second-order valence-corrected chi connectivity index (χ2v) is 5.54. The first-order valence-corrected chi connectivity index (χ1v) is 6.08. The van der Waals surface area contributed by atoms with E-state index in [-0.39, 0.29) is 5.60 Å². The summed E-state index contributed by atoms with van der Waals surface area (Å²) in [5, 5.41) is 6.88. The maximum absolute atomic E-state index is 5.70. The number of methoxy groups -OCH3 is 1. The molecule has 1 saturated carbocycles. The molecule has 96 valence electrons. The zero-order valence-electron chi connectivity index (χ0n) is 11.0. The average molecular weight is 239 g/mol. The van der Waals surface area contributed by atoms with E-state index in [0.717, 1.165) is 25.7 Å². The molecule has 0 spiro atoms. The van der Waals surface area contributed by atoms with Crippen LogP contribution >= 0.6 is 0 Å². The van der Waals surface area contributed by atoms with Gasteiger partial charge in [-0.15, -0.1) is 0 Å². The van der Waals surface area contributed by atoms with Crippen LogP contribution in [0.25, 0.3) is 0 Å². The Bertz CT molecular complexity index is 377. The van der Waals surface area contributed by atoms with E-state index in [1.807, 2.05) is 0 Å². The molecule has 0 radical (unpaired) electrons. The number of hydrogen-bond donors (Lipinski definition) is 1. The zero-order valence-corrected chi connectivity index (χ0v) is 11.0. The van der Waals surface area contributed by atoms with E-state index in [1.165, 1.54) is 0 Å². The number of anilines is 1. The van der Waals surface area contributed by atoms with Crippen LogP contribution in [0.2, 0.25) is 0 Å². The molecule has 1 fully saturated rings. The van der Waals surface area contributed by atoms with E-state index in [4.69, 9.17) is 9.26 Å². The van der Waals surface area contributed by atoms with Crippen LogP contribution in [0.4, 0.5) is 6.01 Å². The second kappa shape index (κ2) is 4.29. The Labute approximate surface area is 102 Å². The van der Waals surface area contributed by atoms with Gasteiger partial charge < -0.3 is 14.6 Å². The number of aromatic nitrogens is 2. The molecular weight excluding hydrogens is 218 g/mol. The van der Waals surface area contributed by atoms with Crippen molar-refractivity contribution in [2.24, 2.45) is 5.41 Å². The van der Waals surface area contributed by atoms with Crippen molar-refractivity contribution in [3.8, 4) is 0 Å². The molecular formula is C12H21N3O2. The van der Waals surface area contributed by atoms with Crippen molar-refractivity contribution in [2.45, 2.75) is 45.1 Å². The molecule has 17 heavy (non-hydrogen) atoms. The van der Waals surface area contributed by atoms with Crippen LogP contribution in [0.5, 0.6) is 0 Å². The SMILES string of the molecule is CNc1nc(C2(OC)CCC(C)(C)CC2)no1. The Morgan fingerprint density at radius 1 is 1.24 bits per heavy atom. The standard InChI is InChI=1S/C12H21N3O2/c1-11(2)5-7-12(16-4,8-6-11)9-14-10(13-3)17-15-9/h5-8H2,1-4H3,(H,13,14,15). The van der Waals surface area contributed by atoms with Crippen LogP contribution in [-0.2, 0) is 10.3 Å². The Morgan fingerprint density at radius 2 is 1.88 bits per heavy atom. The van der Waals surface area contributed by atoms with E-state index in [1.54, 1.807) is 14.2 Å². The van der Waals surface area contributed by atoms with Gasteiger partial charge in [-0.1, -0.05) is 19.0 Å². The minimum absolute atomic E-state index is 0.367. The highest BCUT2D eigenvalue weighted by Crippen LogP contribution is 2.46. The first-order chi connectivity index (χ1) is 8.01. The largest absolute Gasteiger partial charge is 0.370 e. The topological polar surface area (TPSA) is 60.2 Å². The lowest BCUT2D eigenvalue weighted by Gasteiger charge is -2.40. The summed E-state index contributed by atoms with van der Waals surface area (Å²) in [7, 11) is 3.49. The molecule has 1 aromatic heterocycles. The van der Waals surface area contributed by atoms with Gasteiger partial charge in [-0.25, -0.2) is 0 Å². The van der Waals surface area contributed by atoms with E-state index < -0.39 is 0 Å². The summed E-state index contributed by atoms with van der Waals surface area (Å²) >= 11 is 0. The monoisotopic (exact) mass is 239 g/mol. The summed E-state index contributed by atoms with van der Waals surface area (Å²) in [6, 6.07) is 0.446. The van der Waals surface area contributed by atoms with Crippen molar-refractivity contribution in [1.29, 1.82) is 0 Å². The molecule has 0 unspecified atom stereocenters. The maximum atomic E-state index is 5.70. The normalized spacial score (nSPS) is 22.4. The lowest BCUT2D eigenvalue weighted by Crippen LogP contribution is -2.37. The molecule has 2 rings (SSSR count). The summed E-state index contributed by atoms with van der Waals surface area (Å²) < 4.78 is 10.8. The molecule has 0 aromatic carbocycles. The molecule has 1 N–H and O–H groups in total. The van der Waals surface area contributed by atoms with Gasteiger partial charge >= 0.3 is 6.01 Å². The predicted molar refractivity (Wildman–Crippen MR) is 64.8 cm³/mol. The van der Waals surface area contributed by atoms with Crippen LogP contribution in [0.15, 0.2) is 4.52 Å². The van der Waals surface area contributed by atoms with E-state index in [0.29, 0.717) is 17.3 Å². The summed E-state index contributed by atoms with van der Waals surface area (Å²) in [6.07, 6.45) is 4.12. The van der Waals surface area contributed by atoms with Gasteiger partial charge in [0.2, 0.25) is 5.82 Å². The van der Waals surface area contributed by atoms with Crippen molar-refractivity contribution < 1.29 is 9.26 Å². The van der Waals surface area contributed by atoms with Gasteiger partial charge in [0.1, 0.15) is 5.60 Å². The van der Waals surface area contributed by atoms with Gasteiger partial charge in [-0.2, -0.15) is 4.98 Å². The first kappa shape index (κ1) is 12.4. The average Bonchev–Trinajstić information content (AvgIpc) is 2.79. The molecule has 0 amide bonds. The smallest absolute Gasteiger partial charge is 0.321 e. The van der Waals surface area contributed by atoms with Gasteiger partial charge in [0.25, 0.3) is 0 Å². The van der Waals surface area contributed by atoms with Gasteiger partial charge in [0, 0.05) is 14.2 Å². The molecule has 1 aliphatic rings. The minimum atomic E-state index is -0.367. The van der Waals surface area contributed by atoms with Gasteiger partial charge in [-0.3, -0.25) is 0 Å². The van der Waals surface area contributed by atoms with Crippen molar-refractivity contribution >= 4 is 6.01 Å². The van der Waals surface area contributed by atoms with Gasteiger partial charge in [-0.05, 0) is 31.1 Å². The molecule has 1 aromatic rings. The summed E-state index contributed by atoms with van der Waals surface area (Å²) in [4.78, 5) is 4.33. The number of nitrogens with zero attached hydrogens (tertiary/aromatic N) is 2. The molecule has 5 heteroatoms. The maximum Gasteiger partial charge on any atom is 0.321 e. The molecule has 0 aliphatic heterocycles. The van der Waals surface area contributed by atoms with Crippen molar-refractivity contribution in [2.75, 3.05) is 19.5 Å². The summed E-state index contributed by atoms with van der Waals surface area (Å²) in [5.41, 5.74) is 0.0196. The van der Waals surface area contributed by atoms with E-state index in [9.17, 15) is 0 Å². The number of ether oxygens (including phenoxy) is 1. The van der Waals surface area contributed by atoms with Crippen molar-refractivity contribution in [3.63, 3.8) is 0 Å². The first-order valence-electron chi connectivity index (χ1n) is 6.08. The van der Waals surface area contributed by atoms with E-state index in [2.05, 4.69) is 29.3 Å². The highest BCUT2D eigenvalue weighted by Gasteiger charge is 2.43. The molecule has 1 aliphatic carbocycles. The molecule has 1 heterocycles. The van der Waals surface area contributed by atoms with Crippen LogP contribution < -0.4 is 5.32 Å². The number of nitrogens with one attached hydrogen (secondary N) is 1. The lowest BCUT2D eigenvalue weighted by molar-refractivity contribution is -0.0740. The van der Waals surface area contributed by atoms with Crippen LogP contribution in [0, 0.1) is 5.41 Å². The fourth-order valence-electron chi connectivity index (χ4n) is 2.36. The third-order valence-electron chi connectivity index (χ3n) is 3.85. The second-order valence-electron chi connectivity index (χ2n) is 5.54. The Hall–Kier alpha value is -1.10. The van der Waals surface area contributed by atoms with Crippen molar-refractivity contribution in [3.05, 3.63) is 5.82 Å². The fourth-order valence-corrected chi connectivity index (χ4v) is 2.36. The summed E-state index contributed by atoms with van der Waals surface area (Å²) in [6.45, 7) is 4.59. The van der Waals surface area contributed by atoms with Gasteiger partial charge in [0.05, 0.1) is 0 Å². The van der Waals surface area contributed by atoms with Crippen LogP contribution in [0.3, 0.4) is 0 Å². The quantitative estimate of drug-likeness (QED) is 0.878. The Kier molecular flexibility index (Phi) is 3.12. The summed E-state index contributed by atoms with van der Waals surface area (Å²) in [5.74, 6) is 0.667. The third-order valence-corrected chi connectivity index (χ3v) is 3.85. The zero-order chi connectivity index (χ0) is 12.5.